The topological polar surface area (TPSA) is 27.7 Å². The van der Waals surface area contributed by atoms with E-state index in [1.165, 1.54) is 0 Å². The quantitative estimate of drug-likeness (QED) is 0.545. The first-order chi connectivity index (χ1) is 8.61. The molecule has 0 bridgehead atoms. The van der Waals surface area contributed by atoms with E-state index in [9.17, 15) is 0 Å². The number of halogens is 2. The summed E-state index contributed by atoms with van der Waals surface area (Å²) in [6.07, 6.45) is 0.00200. The Morgan fingerprint density at radius 2 is 2.17 bits per heavy atom. The fourth-order valence-electron chi connectivity index (χ4n) is 1.75. The van der Waals surface area contributed by atoms with E-state index >= 15 is 0 Å². The lowest BCUT2D eigenvalue weighted by Gasteiger charge is -2.37. The molecule has 0 radical (unpaired) electrons. The predicted octanol–water partition coefficient (Wildman–Crippen LogP) is 3.44. The van der Waals surface area contributed by atoms with Crippen LogP contribution in [-0.2, 0) is 9.47 Å². The number of benzene rings is 1. The second-order valence-corrected chi connectivity index (χ2v) is 6.28. The van der Waals surface area contributed by atoms with Crippen LogP contribution in [0.15, 0.2) is 28.7 Å². The predicted molar refractivity (Wildman–Crippen MR) is 82.6 cm³/mol. The molecule has 3 nitrogen and oxygen atoms in total. The van der Waals surface area contributed by atoms with Crippen molar-refractivity contribution in [2.24, 2.45) is 0 Å². The minimum Gasteiger partial charge on any atom is -0.491 e. The molecule has 1 saturated heterocycles. The Hall–Kier alpha value is 0.150. The van der Waals surface area contributed by atoms with Crippen LogP contribution in [0, 0.1) is 0 Å². The summed E-state index contributed by atoms with van der Waals surface area (Å²) in [5, 5.41) is 0. The third-order valence-electron chi connectivity index (χ3n) is 2.69. The Kier molecular flexibility index (Phi) is 5.29. The first-order valence-electron chi connectivity index (χ1n) is 5.81. The van der Waals surface area contributed by atoms with Gasteiger partial charge in [-0.05, 0) is 31.2 Å². The molecule has 1 aromatic rings. The maximum atomic E-state index is 6.00. The number of rotatable bonds is 4. The minimum absolute atomic E-state index is 0.00200. The normalized spacial score (nSPS) is 28.1. The molecule has 1 aliphatic rings. The molecule has 0 spiro atoms. The third-order valence-corrected chi connectivity index (χ3v) is 4.84. The molecular weight excluding hydrogens is 411 g/mol. The number of alkyl halides is 1. The molecule has 0 unspecified atom stereocenters. The van der Waals surface area contributed by atoms with Crippen LogP contribution in [0.4, 0.5) is 0 Å². The molecule has 1 fully saturated rings. The van der Waals surface area contributed by atoms with Gasteiger partial charge in [0.1, 0.15) is 18.5 Å². The highest BCUT2D eigenvalue weighted by Gasteiger charge is 2.33. The SMILES string of the molecule is C[C@]1(CI)COC[C@@H](COc2ccc(Br)cc2)O1. The third kappa shape index (κ3) is 4.08. The van der Waals surface area contributed by atoms with E-state index in [2.05, 4.69) is 45.4 Å². The van der Waals surface area contributed by atoms with Crippen LogP contribution in [0.1, 0.15) is 6.92 Å². The van der Waals surface area contributed by atoms with Gasteiger partial charge in [0.25, 0.3) is 0 Å². The molecule has 0 aliphatic carbocycles. The maximum Gasteiger partial charge on any atom is 0.119 e. The van der Waals surface area contributed by atoms with E-state index in [1.807, 2.05) is 24.3 Å². The molecule has 0 amide bonds. The van der Waals surface area contributed by atoms with Gasteiger partial charge in [-0.1, -0.05) is 38.5 Å². The lowest BCUT2D eigenvalue weighted by Crippen LogP contribution is -2.48. The van der Waals surface area contributed by atoms with Gasteiger partial charge in [0.15, 0.2) is 0 Å². The fraction of sp³-hybridized carbons (Fsp3) is 0.538. The number of hydrogen-bond acceptors (Lipinski definition) is 3. The Balaban J connectivity index is 1.85. The van der Waals surface area contributed by atoms with Crippen molar-refractivity contribution in [2.45, 2.75) is 18.6 Å². The molecule has 18 heavy (non-hydrogen) atoms. The summed E-state index contributed by atoms with van der Waals surface area (Å²) in [7, 11) is 0. The molecule has 2 rings (SSSR count). The maximum absolute atomic E-state index is 6.00. The second kappa shape index (κ2) is 6.54. The zero-order valence-corrected chi connectivity index (χ0v) is 13.9. The van der Waals surface area contributed by atoms with E-state index in [4.69, 9.17) is 14.2 Å². The van der Waals surface area contributed by atoms with Gasteiger partial charge in [0, 0.05) is 8.90 Å². The highest BCUT2D eigenvalue weighted by molar-refractivity contribution is 14.1. The molecular formula is C13H16BrIO3. The average Bonchev–Trinajstić information content (AvgIpc) is 2.38. The van der Waals surface area contributed by atoms with Crippen LogP contribution in [0.25, 0.3) is 0 Å². The molecule has 2 atom stereocenters. The molecule has 0 saturated carbocycles. The molecule has 1 heterocycles. The lowest BCUT2D eigenvalue weighted by atomic mass is 10.1. The van der Waals surface area contributed by atoms with E-state index in [1.54, 1.807) is 0 Å². The summed E-state index contributed by atoms with van der Waals surface area (Å²) in [6.45, 7) is 3.85. The highest BCUT2D eigenvalue weighted by atomic mass is 127. The van der Waals surface area contributed by atoms with Crippen LogP contribution >= 0.6 is 38.5 Å². The van der Waals surface area contributed by atoms with Gasteiger partial charge < -0.3 is 14.2 Å². The van der Waals surface area contributed by atoms with Crippen LogP contribution in [-0.4, -0.2) is 36.0 Å². The first kappa shape index (κ1) is 14.6. The van der Waals surface area contributed by atoms with E-state index in [0.29, 0.717) is 19.8 Å². The van der Waals surface area contributed by atoms with E-state index in [-0.39, 0.29) is 11.7 Å². The van der Waals surface area contributed by atoms with Crippen molar-refractivity contribution in [3.8, 4) is 5.75 Å². The van der Waals surface area contributed by atoms with Gasteiger partial charge in [-0.25, -0.2) is 0 Å². The summed E-state index contributed by atoms with van der Waals surface area (Å²) in [6, 6.07) is 7.79. The summed E-state index contributed by atoms with van der Waals surface area (Å²) >= 11 is 5.72. The van der Waals surface area contributed by atoms with Crippen molar-refractivity contribution in [2.75, 3.05) is 24.2 Å². The zero-order chi connectivity index (χ0) is 13.0. The van der Waals surface area contributed by atoms with Gasteiger partial charge in [-0.2, -0.15) is 0 Å². The molecule has 1 aromatic carbocycles. The van der Waals surface area contributed by atoms with Crippen LogP contribution in [0.3, 0.4) is 0 Å². The van der Waals surface area contributed by atoms with Gasteiger partial charge in [-0.3, -0.25) is 0 Å². The lowest BCUT2D eigenvalue weighted by molar-refractivity contribution is -0.186. The average molecular weight is 427 g/mol. The Bertz CT molecular complexity index is 384. The Morgan fingerprint density at radius 1 is 1.44 bits per heavy atom. The van der Waals surface area contributed by atoms with Gasteiger partial charge >= 0.3 is 0 Å². The number of hydrogen-bond donors (Lipinski definition) is 0. The van der Waals surface area contributed by atoms with Crippen LogP contribution in [0.2, 0.25) is 0 Å². The van der Waals surface area contributed by atoms with Crippen molar-refractivity contribution < 1.29 is 14.2 Å². The van der Waals surface area contributed by atoms with Crippen molar-refractivity contribution in [3.05, 3.63) is 28.7 Å². The minimum atomic E-state index is -0.188. The summed E-state index contributed by atoms with van der Waals surface area (Å²) in [4.78, 5) is 0. The molecule has 5 heteroatoms. The number of ether oxygens (including phenoxy) is 3. The second-order valence-electron chi connectivity index (χ2n) is 4.60. The van der Waals surface area contributed by atoms with E-state index < -0.39 is 0 Å². The van der Waals surface area contributed by atoms with Gasteiger partial charge in [0.05, 0.1) is 18.8 Å². The van der Waals surface area contributed by atoms with Crippen LogP contribution in [0.5, 0.6) is 5.75 Å². The van der Waals surface area contributed by atoms with Crippen molar-refractivity contribution >= 4 is 38.5 Å². The molecule has 0 N–H and O–H groups in total. The van der Waals surface area contributed by atoms with Crippen molar-refractivity contribution in [1.82, 2.24) is 0 Å². The zero-order valence-electron chi connectivity index (χ0n) is 10.2. The van der Waals surface area contributed by atoms with E-state index in [0.717, 1.165) is 14.6 Å². The molecule has 100 valence electrons. The Morgan fingerprint density at radius 3 is 2.83 bits per heavy atom. The molecule has 0 aromatic heterocycles. The Labute approximate surface area is 129 Å². The largest absolute Gasteiger partial charge is 0.491 e. The molecule has 1 aliphatic heterocycles. The summed E-state index contributed by atoms with van der Waals surface area (Å²) in [5.74, 6) is 0.851. The van der Waals surface area contributed by atoms with Crippen molar-refractivity contribution in [1.29, 1.82) is 0 Å². The first-order valence-corrected chi connectivity index (χ1v) is 8.13. The van der Waals surface area contributed by atoms with Gasteiger partial charge in [0.2, 0.25) is 0 Å². The fourth-order valence-corrected chi connectivity index (χ4v) is 2.41. The monoisotopic (exact) mass is 426 g/mol. The standard InChI is InChI=1S/C13H16BrIO3/c1-13(8-15)9-16-6-12(18-13)7-17-11-4-2-10(14)3-5-11/h2-5,12H,6-9H2,1H3/t12-,13-/m0/s1. The smallest absolute Gasteiger partial charge is 0.119 e. The highest BCUT2D eigenvalue weighted by Crippen LogP contribution is 2.23. The van der Waals surface area contributed by atoms with Gasteiger partial charge in [-0.15, -0.1) is 0 Å². The van der Waals surface area contributed by atoms with Crippen LogP contribution < -0.4 is 4.74 Å². The summed E-state index contributed by atoms with van der Waals surface area (Å²) < 4.78 is 19.3. The summed E-state index contributed by atoms with van der Waals surface area (Å²) in [5.41, 5.74) is -0.188. The van der Waals surface area contributed by atoms with Crippen molar-refractivity contribution in [3.63, 3.8) is 0 Å².